The van der Waals surface area contributed by atoms with Crippen LogP contribution in [-0.4, -0.2) is 17.3 Å². The predicted octanol–water partition coefficient (Wildman–Crippen LogP) is 3.29. The van der Waals surface area contributed by atoms with Crippen LogP contribution in [0.2, 0.25) is 5.02 Å². The van der Waals surface area contributed by atoms with Crippen molar-refractivity contribution >= 4 is 33.2 Å². The Morgan fingerprint density at radius 3 is 2.64 bits per heavy atom. The van der Waals surface area contributed by atoms with E-state index >= 15 is 0 Å². The zero-order valence-electron chi connectivity index (χ0n) is 8.14. The molecule has 78 valence electrons. The molecule has 0 fully saturated rings. The van der Waals surface area contributed by atoms with E-state index in [2.05, 4.69) is 21.2 Å². The maximum atomic E-state index is 9.08. The molecule has 4 heteroatoms. The Morgan fingerprint density at radius 1 is 1.50 bits per heavy atom. The third-order valence-corrected chi connectivity index (χ3v) is 3.01. The third kappa shape index (κ3) is 3.15. The van der Waals surface area contributed by atoms with Crippen molar-refractivity contribution in [1.82, 2.24) is 0 Å². The van der Waals surface area contributed by atoms with Crippen LogP contribution in [0.15, 0.2) is 22.7 Å². The van der Waals surface area contributed by atoms with Gasteiger partial charge in [0, 0.05) is 10.2 Å². The SMILES string of the molecule is CC(C)(CO)Nc1ccc(Cl)c(Br)c1. The van der Waals surface area contributed by atoms with E-state index in [1.807, 2.05) is 26.0 Å². The van der Waals surface area contributed by atoms with Gasteiger partial charge in [0.25, 0.3) is 0 Å². The molecule has 0 unspecified atom stereocenters. The number of benzene rings is 1. The average Bonchev–Trinajstić information content (AvgIpc) is 2.11. The van der Waals surface area contributed by atoms with E-state index in [0.29, 0.717) is 5.02 Å². The minimum atomic E-state index is -0.326. The molecule has 0 aliphatic rings. The lowest BCUT2D eigenvalue weighted by molar-refractivity contribution is 0.234. The van der Waals surface area contributed by atoms with Gasteiger partial charge in [-0.1, -0.05) is 11.6 Å². The lowest BCUT2D eigenvalue weighted by Crippen LogP contribution is -2.34. The first-order valence-corrected chi connectivity index (χ1v) is 5.46. The Kier molecular flexibility index (Phi) is 3.81. The second-order valence-corrected chi connectivity index (χ2v) is 5.06. The van der Waals surface area contributed by atoms with Crippen LogP contribution >= 0.6 is 27.5 Å². The predicted molar refractivity (Wildman–Crippen MR) is 63.9 cm³/mol. The maximum absolute atomic E-state index is 9.08. The first-order chi connectivity index (χ1) is 6.44. The summed E-state index contributed by atoms with van der Waals surface area (Å²) < 4.78 is 0.845. The first-order valence-electron chi connectivity index (χ1n) is 4.29. The fourth-order valence-electron chi connectivity index (χ4n) is 1.00. The van der Waals surface area contributed by atoms with Crippen molar-refractivity contribution in [2.75, 3.05) is 11.9 Å². The molecule has 0 atom stereocenters. The quantitative estimate of drug-likeness (QED) is 0.889. The molecule has 1 aromatic rings. The van der Waals surface area contributed by atoms with E-state index in [1.165, 1.54) is 0 Å². The number of hydrogen-bond donors (Lipinski definition) is 2. The highest BCUT2D eigenvalue weighted by Gasteiger charge is 2.15. The van der Waals surface area contributed by atoms with Crippen molar-refractivity contribution in [3.8, 4) is 0 Å². The van der Waals surface area contributed by atoms with E-state index in [1.54, 1.807) is 6.07 Å². The highest BCUT2D eigenvalue weighted by atomic mass is 79.9. The summed E-state index contributed by atoms with van der Waals surface area (Å²) in [6, 6.07) is 5.58. The normalized spacial score (nSPS) is 11.5. The number of anilines is 1. The van der Waals surface area contributed by atoms with Gasteiger partial charge in [0.1, 0.15) is 0 Å². The molecule has 0 bridgehead atoms. The Hall–Kier alpha value is -0.250. The molecule has 1 rings (SSSR count). The van der Waals surface area contributed by atoms with Crippen molar-refractivity contribution in [3.63, 3.8) is 0 Å². The standard InChI is InChI=1S/C10H13BrClNO/c1-10(2,6-14)13-7-3-4-9(12)8(11)5-7/h3-5,13-14H,6H2,1-2H3. The molecule has 0 aliphatic carbocycles. The molecule has 0 spiro atoms. The van der Waals surface area contributed by atoms with Gasteiger partial charge >= 0.3 is 0 Å². The highest BCUT2D eigenvalue weighted by molar-refractivity contribution is 9.10. The van der Waals surface area contributed by atoms with Gasteiger partial charge in [0.15, 0.2) is 0 Å². The lowest BCUT2D eigenvalue weighted by atomic mass is 10.1. The Bertz CT molecular complexity index is 328. The van der Waals surface area contributed by atoms with Crippen molar-refractivity contribution in [1.29, 1.82) is 0 Å². The molecule has 14 heavy (non-hydrogen) atoms. The smallest absolute Gasteiger partial charge is 0.0656 e. The number of rotatable bonds is 3. The molecule has 0 amide bonds. The van der Waals surface area contributed by atoms with Gasteiger partial charge in [0.2, 0.25) is 0 Å². The summed E-state index contributed by atoms with van der Waals surface area (Å²) in [5, 5.41) is 13.0. The van der Waals surface area contributed by atoms with E-state index < -0.39 is 0 Å². The topological polar surface area (TPSA) is 32.3 Å². The number of nitrogens with one attached hydrogen (secondary N) is 1. The molecule has 0 aromatic heterocycles. The van der Waals surface area contributed by atoms with Crippen LogP contribution in [0, 0.1) is 0 Å². The van der Waals surface area contributed by atoms with Crippen molar-refractivity contribution in [3.05, 3.63) is 27.7 Å². The number of aliphatic hydroxyl groups is 1. The minimum absolute atomic E-state index is 0.0766. The number of halogens is 2. The van der Waals surface area contributed by atoms with Gasteiger partial charge in [-0.25, -0.2) is 0 Å². The molecule has 0 saturated heterocycles. The summed E-state index contributed by atoms with van der Waals surface area (Å²) in [5.74, 6) is 0. The second kappa shape index (κ2) is 4.51. The van der Waals surface area contributed by atoms with Gasteiger partial charge in [-0.3, -0.25) is 0 Å². The molecule has 0 heterocycles. The Labute approximate surface area is 97.4 Å². The summed E-state index contributed by atoms with van der Waals surface area (Å²) in [4.78, 5) is 0. The number of aliphatic hydroxyl groups excluding tert-OH is 1. The largest absolute Gasteiger partial charge is 0.394 e. The fraction of sp³-hybridized carbons (Fsp3) is 0.400. The van der Waals surface area contributed by atoms with Crippen LogP contribution in [0.5, 0.6) is 0 Å². The van der Waals surface area contributed by atoms with Crippen LogP contribution in [0.25, 0.3) is 0 Å². The molecule has 0 radical (unpaired) electrons. The second-order valence-electron chi connectivity index (χ2n) is 3.80. The zero-order chi connectivity index (χ0) is 10.8. The average molecular weight is 279 g/mol. The van der Waals surface area contributed by atoms with E-state index in [-0.39, 0.29) is 12.1 Å². The highest BCUT2D eigenvalue weighted by Crippen LogP contribution is 2.26. The molecule has 0 aliphatic heterocycles. The molecular weight excluding hydrogens is 265 g/mol. The Morgan fingerprint density at radius 2 is 2.14 bits per heavy atom. The van der Waals surface area contributed by atoms with Crippen molar-refractivity contribution < 1.29 is 5.11 Å². The summed E-state index contributed by atoms with van der Waals surface area (Å²) in [6.45, 7) is 3.93. The lowest BCUT2D eigenvalue weighted by Gasteiger charge is -2.25. The zero-order valence-corrected chi connectivity index (χ0v) is 10.5. The van der Waals surface area contributed by atoms with Crippen molar-refractivity contribution in [2.24, 2.45) is 0 Å². The van der Waals surface area contributed by atoms with Crippen LogP contribution in [0.4, 0.5) is 5.69 Å². The van der Waals surface area contributed by atoms with E-state index in [0.717, 1.165) is 10.2 Å². The molecule has 2 nitrogen and oxygen atoms in total. The van der Waals surface area contributed by atoms with E-state index in [9.17, 15) is 0 Å². The van der Waals surface area contributed by atoms with Crippen LogP contribution in [-0.2, 0) is 0 Å². The summed E-state index contributed by atoms with van der Waals surface area (Å²) in [7, 11) is 0. The van der Waals surface area contributed by atoms with Crippen molar-refractivity contribution in [2.45, 2.75) is 19.4 Å². The van der Waals surface area contributed by atoms with Gasteiger partial charge in [0.05, 0.1) is 17.2 Å². The fourth-order valence-corrected chi connectivity index (χ4v) is 1.50. The van der Waals surface area contributed by atoms with Crippen LogP contribution in [0.3, 0.4) is 0 Å². The summed E-state index contributed by atoms with van der Waals surface area (Å²) in [5.41, 5.74) is 0.605. The summed E-state index contributed by atoms with van der Waals surface area (Å²) >= 11 is 9.20. The Balaban J connectivity index is 2.83. The monoisotopic (exact) mass is 277 g/mol. The molecule has 0 saturated carbocycles. The first kappa shape index (κ1) is 11.8. The maximum Gasteiger partial charge on any atom is 0.0656 e. The van der Waals surface area contributed by atoms with Gasteiger partial charge < -0.3 is 10.4 Å². The van der Waals surface area contributed by atoms with Gasteiger partial charge in [-0.2, -0.15) is 0 Å². The third-order valence-electron chi connectivity index (χ3n) is 1.80. The minimum Gasteiger partial charge on any atom is -0.394 e. The number of hydrogen-bond acceptors (Lipinski definition) is 2. The van der Waals surface area contributed by atoms with E-state index in [4.69, 9.17) is 16.7 Å². The van der Waals surface area contributed by atoms with Gasteiger partial charge in [-0.15, -0.1) is 0 Å². The molecule has 1 aromatic carbocycles. The van der Waals surface area contributed by atoms with Crippen LogP contribution in [0.1, 0.15) is 13.8 Å². The molecular formula is C10H13BrClNO. The summed E-state index contributed by atoms with van der Waals surface area (Å²) in [6.07, 6.45) is 0. The van der Waals surface area contributed by atoms with Gasteiger partial charge in [-0.05, 0) is 48.0 Å². The van der Waals surface area contributed by atoms with Crippen LogP contribution < -0.4 is 5.32 Å². The molecule has 2 N–H and O–H groups in total.